The van der Waals surface area contributed by atoms with Crippen LogP contribution in [-0.4, -0.2) is 5.25 Å². The Balaban J connectivity index is 1.77. The van der Waals surface area contributed by atoms with Crippen molar-refractivity contribution in [3.8, 4) is 0 Å². The summed E-state index contributed by atoms with van der Waals surface area (Å²) in [4.78, 5) is 1.20. The van der Waals surface area contributed by atoms with E-state index in [9.17, 15) is 0 Å². The van der Waals surface area contributed by atoms with E-state index in [4.69, 9.17) is 23.2 Å². The summed E-state index contributed by atoms with van der Waals surface area (Å²) in [6.45, 7) is 0. The molecular weight excluding hydrogens is 259 g/mol. The molecule has 1 saturated carbocycles. The first-order chi connectivity index (χ1) is 7.70. The second-order valence-electron chi connectivity index (χ2n) is 4.54. The smallest absolute Gasteiger partial charge is 0.0431 e. The standard InChI is InChI=1S/C13H12Cl2S/c14-10-5-11(15)7-12(6-10)16-13-4-8-1-2-9(13)3-8/h1-2,5-9,13H,3-4H2/t8-,9+,13-/m1/s1. The molecule has 0 unspecified atom stereocenters. The van der Waals surface area contributed by atoms with E-state index < -0.39 is 0 Å². The number of hydrogen-bond donors (Lipinski definition) is 0. The van der Waals surface area contributed by atoms with Gasteiger partial charge in [-0.2, -0.15) is 0 Å². The van der Waals surface area contributed by atoms with E-state index in [2.05, 4.69) is 12.2 Å². The van der Waals surface area contributed by atoms with Crippen molar-refractivity contribution in [2.75, 3.05) is 0 Å². The molecule has 1 aromatic carbocycles. The minimum atomic E-state index is 0.713. The number of benzene rings is 1. The van der Waals surface area contributed by atoms with Crippen LogP contribution in [0.15, 0.2) is 35.2 Å². The van der Waals surface area contributed by atoms with E-state index in [1.165, 1.54) is 17.7 Å². The molecule has 0 amide bonds. The third kappa shape index (κ3) is 2.13. The zero-order valence-electron chi connectivity index (χ0n) is 8.70. The van der Waals surface area contributed by atoms with Gasteiger partial charge in [0.05, 0.1) is 0 Å². The molecule has 1 fully saturated rings. The maximum absolute atomic E-state index is 6.00. The number of fused-ring (bicyclic) bond motifs is 2. The zero-order valence-corrected chi connectivity index (χ0v) is 11.0. The van der Waals surface area contributed by atoms with Crippen LogP contribution in [0.5, 0.6) is 0 Å². The van der Waals surface area contributed by atoms with Crippen LogP contribution in [0.25, 0.3) is 0 Å². The Labute approximate surface area is 110 Å². The van der Waals surface area contributed by atoms with Crippen molar-refractivity contribution in [2.24, 2.45) is 11.8 Å². The molecule has 0 aliphatic heterocycles. The summed E-state index contributed by atoms with van der Waals surface area (Å²) < 4.78 is 0. The second-order valence-corrected chi connectivity index (χ2v) is 6.73. The number of hydrogen-bond acceptors (Lipinski definition) is 1. The number of halogens is 2. The van der Waals surface area contributed by atoms with E-state index in [1.54, 1.807) is 6.07 Å². The van der Waals surface area contributed by atoms with Gasteiger partial charge in [-0.05, 0) is 42.9 Å². The normalized spacial score (nSPS) is 31.2. The van der Waals surface area contributed by atoms with Crippen molar-refractivity contribution < 1.29 is 0 Å². The Bertz CT molecular complexity index is 421. The molecule has 0 spiro atoms. The molecular formula is C13H12Cl2S. The van der Waals surface area contributed by atoms with Crippen molar-refractivity contribution in [3.05, 3.63) is 40.4 Å². The van der Waals surface area contributed by atoms with E-state index in [-0.39, 0.29) is 0 Å². The first-order valence-corrected chi connectivity index (χ1v) is 7.15. The largest absolute Gasteiger partial charge is 0.122 e. The van der Waals surface area contributed by atoms with Crippen molar-refractivity contribution in [3.63, 3.8) is 0 Å². The van der Waals surface area contributed by atoms with Gasteiger partial charge in [-0.3, -0.25) is 0 Å². The van der Waals surface area contributed by atoms with Crippen LogP contribution >= 0.6 is 35.0 Å². The topological polar surface area (TPSA) is 0 Å². The van der Waals surface area contributed by atoms with Crippen LogP contribution in [0.4, 0.5) is 0 Å². The molecule has 16 heavy (non-hydrogen) atoms. The lowest BCUT2D eigenvalue weighted by Gasteiger charge is -2.17. The van der Waals surface area contributed by atoms with Gasteiger partial charge in [-0.15, -0.1) is 11.8 Å². The Morgan fingerprint density at radius 2 is 1.75 bits per heavy atom. The highest BCUT2D eigenvalue weighted by Gasteiger charge is 2.36. The Kier molecular flexibility index (Phi) is 2.95. The molecule has 0 heterocycles. The summed E-state index contributed by atoms with van der Waals surface area (Å²) >= 11 is 13.9. The van der Waals surface area contributed by atoms with Crippen LogP contribution < -0.4 is 0 Å². The van der Waals surface area contributed by atoms with Crippen molar-refractivity contribution in [1.29, 1.82) is 0 Å². The lowest BCUT2D eigenvalue weighted by atomic mass is 10.1. The molecule has 0 nitrogen and oxygen atoms in total. The number of thioether (sulfide) groups is 1. The maximum Gasteiger partial charge on any atom is 0.0431 e. The highest BCUT2D eigenvalue weighted by molar-refractivity contribution is 8.00. The van der Waals surface area contributed by atoms with Gasteiger partial charge in [-0.25, -0.2) is 0 Å². The lowest BCUT2D eigenvalue weighted by molar-refractivity contribution is 0.692. The second kappa shape index (κ2) is 4.29. The molecule has 2 aliphatic rings. The van der Waals surface area contributed by atoms with Gasteiger partial charge >= 0.3 is 0 Å². The van der Waals surface area contributed by atoms with E-state index in [0.717, 1.165) is 21.9 Å². The van der Waals surface area contributed by atoms with Gasteiger partial charge in [-0.1, -0.05) is 35.4 Å². The third-order valence-electron chi connectivity index (χ3n) is 3.34. The van der Waals surface area contributed by atoms with Gasteiger partial charge in [0.25, 0.3) is 0 Å². The average molecular weight is 271 g/mol. The maximum atomic E-state index is 6.00. The summed E-state index contributed by atoms with van der Waals surface area (Å²) in [5.41, 5.74) is 0. The van der Waals surface area contributed by atoms with Gasteiger partial charge in [0.1, 0.15) is 0 Å². The molecule has 2 bridgehead atoms. The SMILES string of the molecule is Clc1cc(Cl)cc(S[C@@H]2C[C@@H]3C=C[C@H]2C3)c1. The molecule has 84 valence electrons. The summed E-state index contributed by atoms with van der Waals surface area (Å²) in [5.74, 6) is 1.57. The molecule has 3 rings (SSSR count). The van der Waals surface area contributed by atoms with E-state index >= 15 is 0 Å². The molecule has 0 N–H and O–H groups in total. The highest BCUT2D eigenvalue weighted by Crippen LogP contribution is 2.47. The fourth-order valence-electron chi connectivity index (χ4n) is 2.64. The van der Waals surface area contributed by atoms with Crippen LogP contribution in [-0.2, 0) is 0 Å². The molecule has 2 aliphatic carbocycles. The lowest BCUT2D eigenvalue weighted by Crippen LogP contribution is -2.08. The summed E-state index contributed by atoms with van der Waals surface area (Å²) in [6, 6.07) is 5.80. The van der Waals surface area contributed by atoms with Gasteiger partial charge in [0.2, 0.25) is 0 Å². The number of allylic oxidation sites excluding steroid dienone is 2. The minimum absolute atomic E-state index is 0.713. The fraction of sp³-hybridized carbons (Fsp3) is 0.385. The van der Waals surface area contributed by atoms with Crippen molar-refractivity contribution in [1.82, 2.24) is 0 Å². The van der Waals surface area contributed by atoms with Crippen LogP contribution in [0.3, 0.4) is 0 Å². The Morgan fingerprint density at radius 1 is 1.00 bits per heavy atom. The minimum Gasteiger partial charge on any atom is -0.122 e. The van der Waals surface area contributed by atoms with Gasteiger partial charge < -0.3 is 0 Å². The Morgan fingerprint density at radius 3 is 2.31 bits per heavy atom. The predicted molar refractivity (Wildman–Crippen MR) is 71.5 cm³/mol. The molecule has 3 atom stereocenters. The molecule has 0 saturated heterocycles. The van der Waals surface area contributed by atoms with Gasteiger partial charge in [0, 0.05) is 20.2 Å². The van der Waals surface area contributed by atoms with E-state index in [0.29, 0.717) is 5.25 Å². The van der Waals surface area contributed by atoms with Crippen molar-refractivity contribution >= 4 is 35.0 Å². The average Bonchev–Trinajstić information content (AvgIpc) is 2.77. The predicted octanol–water partition coefficient (Wildman–Crippen LogP) is 5.05. The van der Waals surface area contributed by atoms with Crippen LogP contribution in [0.1, 0.15) is 12.8 Å². The summed E-state index contributed by atoms with van der Waals surface area (Å²) in [6.07, 6.45) is 7.38. The molecule has 0 aromatic heterocycles. The first kappa shape index (κ1) is 11.0. The zero-order chi connectivity index (χ0) is 11.1. The summed E-state index contributed by atoms with van der Waals surface area (Å²) in [7, 11) is 0. The molecule has 1 aromatic rings. The Hall–Kier alpha value is -0.110. The molecule has 0 radical (unpaired) electrons. The van der Waals surface area contributed by atoms with Gasteiger partial charge in [0.15, 0.2) is 0 Å². The van der Waals surface area contributed by atoms with Crippen LogP contribution in [0, 0.1) is 11.8 Å². The molecule has 3 heteroatoms. The first-order valence-electron chi connectivity index (χ1n) is 5.52. The third-order valence-corrected chi connectivity index (χ3v) is 5.13. The van der Waals surface area contributed by atoms with E-state index in [1.807, 2.05) is 23.9 Å². The highest BCUT2D eigenvalue weighted by atomic mass is 35.5. The van der Waals surface area contributed by atoms with Crippen LogP contribution in [0.2, 0.25) is 10.0 Å². The summed E-state index contributed by atoms with van der Waals surface area (Å²) in [5, 5.41) is 2.17. The number of rotatable bonds is 2. The quantitative estimate of drug-likeness (QED) is 0.678. The fourth-order valence-corrected chi connectivity index (χ4v) is 4.75. The van der Waals surface area contributed by atoms with Crippen molar-refractivity contribution in [2.45, 2.75) is 23.0 Å². The monoisotopic (exact) mass is 270 g/mol.